The van der Waals surface area contributed by atoms with Gasteiger partial charge in [0, 0.05) is 6.08 Å². The smallest absolute Gasteiger partial charge is 0.336 e. The largest absolute Gasteiger partial charge is 0.355 e. The number of amides is 1. The third-order valence-corrected chi connectivity index (χ3v) is 1.72. The molecule has 0 bridgehead atoms. The van der Waals surface area contributed by atoms with E-state index in [1.165, 1.54) is 0 Å². The molecule has 1 atom stereocenters. The molecule has 0 heterocycles. The summed E-state index contributed by atoms with van der Waals surface area (Å²) in [6.45, 7) is 3.74. The number of unbranched alkanes of at least 4 members (excludes halogenated alkanes) is 1. The van der Waals surface area contributed by atoms with Crippen molar-refractivity contribution in [3.05, 3.63) is 12.7 Å². The van der Waals surface area contributed by atoms with Crippen LogP contribution in [0.2, 0.25) is 0 Å². The lowest BCUT2D eigenvalue weighted by molar-refractivity contribution is -0.154. The molecule has 5 N–H and O–H groups in total. The second-order valence-electron chi connectivity index (χ2n) is 2.98. The van der Waals surface area contributed by atoms with Crippen LogP contribution >= 0.6 is 0 Å². The Morgan fingerprint density at radius 1 is 1.47 bits per heavy atom. The zero-order chi connectivity index (χ0) is 11.7. The molecule has 0 saturated heterocycles. The first-order valence-corrected chi connectivity index (χ1v) is 4.70. The predicted molar refractivity (Wildman–Crippen MR) is 55.3 cm³/mol. The molecule has 0 aromatic carbocycles. The number of nitrogens with one attached hydrogen (secondary N) is 1. The van der Waals surface area contributed by atoms with Gasteiger partial charge in [0.05, 0.1) is 6.04 Å². The molecule has 0 unspecified atom stereocenters. The molecule has 6 nitrogen and oxygen atoms in total. The van der Waals surface area contributed by atoms with Gasteiger partial charge in [0.2, 0.25) is 0 Å². The molecule has 0 saturated carbocycles. The molecular weight excluding hydrogens is 198 g/mol. The zero-order valence-electron chi connectivity index (χ0n) is 8.57. The van der Waals surface area contributed by atoms with Gasteiger partial charge in [0.15, 0.2) is 0 Å². The molecule has 86 valence electrons. The van der Waals surface area contributed by atoms with E-state index >= 15 is 0 Å². The molecule has 0 aliphatic rings. The first kappa shape index (κ1) is 13.6. The van der Waals surface area contributed by atoms with Crippen molar-refractivity contribution in [1.29, 1.82) is 0 Å². The van der Waals surface area contributed by atoms with Crippen molar-refractivity contribution in [2.24, 2.45) is 11.5 Å². The van der Waals surface area contributed by atoms with Crippen LogP contribution in [0.25, 0.3) is 0 Å². The topological polar surface area (TPSA) is 107 Å². The zero-order valence-corrected chi connectivity index (χ0v) is 8.57. The summed E-state index contributed by atoms with van der Waals surface area (Å²) in [6, 6.07) is -0.686. The molecule has 15 heavy (non-hydrogen) atoms. The maximum Gasteiger partial charge on any atom is 0.355 e. The van der Waals surface area contributed by atoms with Crippen molar-refractivity contribution in [2.75, 3.05) is 6.54 Å². The molecule has 0 rings (SSSR count). The summed E-state index contributed by atoms with van der Waals surface area (Å²) in [6.07, 6.45) is 3.03. The Kier molecular flexibility index (Phi) is 7.21. The highest BCUT2D eigenvalue weighted by Gasteiger charge is 2.13. The minimum atomic E-state index is -0.725. The summed E-state index contributed by atoms with van der Waals surface area (Å²) in [4.78, 5) is 26.1. The van der Waals surface area contributed by atoms with Gasteiger partial charge in [0.25, 0.3) is 5.91 Å². The van der Waals surface area contributed by atoms with E-state index in [-0.39, 0.29) is 0 Å². The number of hydrogen-bond donors (Lipinski definition) is 3. The number of carbonyl (C=O) groups is 2. The Labute approximate surface area is 88.6 Å². The SMILES string of the molecule is C=CC(=O)ONC(=O)[C@@H](N)CCCCN. The fourth-order valence-electron chi connectivity index (χ4n) is 0.858. The first-order valence-electron chi connectivity index (χ1n) is 4.70. The Morgan fingerprint density at radius 2 is 2.13 bits per heavy atom. The van der Waals surface area contributed by atoms with Crippen molar-refractivity contribution in [2.45, 2.75) is 25.3 Å². The van der Waals surface area contributed by atoms with E-state index in [0.717, 1.165) is 18.9 Å². The molecule has 0 radical (unpaired) electrons. The fraction of sp³-hybridized carbons (Fsp3) is 0.556. The predicted octanol–water partition coefficient (Wildman–Crippen LogP) is -0.797. The van der Waals surface area contributed by atoms with Crippen molar-refractivity contribution < 1.29 is 14.4 Å². The Bertz CT molecular complexity index is 231. The summed E-state index contributed by atoms with van der Waals surface area (Å²) >= 11 is 0. The van der Waals surface area contributed by atoms with E-state index in [1.54, 1.807) is 0 Å². The van der Waals surface area contributed by atoms with Crippen molar-refractivity contribution >= 4 is 11.9 Å². The minimum absolute atomic E-state index is 0.509. The first-order chi connectivity index (χ1) is 7.11. The lowest BCUT2D eigenvalue weighted by Gasteiger charge is -2.10. The second-order valence-corrected chi connectivity index (χ2v) is 2.98. The van der Waals surface area contributed by atoms with E-state index in [4.69, 9.17) is 11.5 Å². The molecule has 1 amide bonds. The monoisotopic (exact) mass is 215 g/mol. The lowest BCUT2D eigenvalue weighted by Crippen LogP contribution is -2.41. The van der Waals surface area contributed by atoms with E-state index in [1.807, 2.05) is 5.48 Å². The van der Waals surface area contributed by atoms with Gasteiger partial charge in [0.1, 0.15) is 0 Å². The Hall–Kier alpha value is -1.40. The van der Waals surface area contributed by atoms with Gasteiger partial charge in [-0.25, -0.2) is 4.79 Å². The Morgan fingerprint density at radius 3 is 2.67 bits per heavy atom. The van der Waals surface area contributed by atoms with E-state index in [9.17, 15) is 9.59 Å². The van der Waals surface area contributed by atoms with Gasteiger partial charge >= 0.3 is 5.97 Å². The van der Waals surface area contributed by atoms with Crippen LogP contribution in [0.3, 0.4) is 0 Å². The average molecular weight is 215 g/mol. The normalized spacial score (nSPS) is 11.6. The highest BCUT2D eigenvalue weighted by molar-refractivity contribution is 5.85. The quantitative estimate of drug-likeness (QED) is 0.305. The second kappa shape index (κ2) is 7.95. The number of carbonyl (C=O) groups excluding carboxylic acids is 2. The third kappa shape index (κ3) is 6.64. The van der Waals surface area contributed by atoms with Crippen LogP contribution < -0.4 is 16.9 Å². The fourth-order valence-corrected chi connectivity index (χ4v) is 0.858. The molecule has 0 aromatic heterocycles. The van der Waals surface area contributed by atoms with Crippen LogP contribution in [0, 0.1) is 0 Å². The minimum Gasteiger partial charge on any atom is -0.336 e. The third-order valence-electron chi connectivity index (χ3n) is 1.72. The lowest BCUT2D eigenvalue weighted by atomic mass is 10.1. The summed E-state index contributed by atoms with van der Waals surface area (Å²) in [7, 11) is 0. The number of nitrogens with two attached hydrogens (primary N) is 2. The molecule has 0 spiro atoms. The van der Waals surface area contributed by atoms with Gasteiger partial charge in [-0.3, -0.25) is 4.79 Å². The van der Waals surface area contributed by atoms with Crippen LogP contribution in [-0.4, -0.2) is 24.5 Å². The van der Waals surface area contributed by atoms with E-state index in [2.05, 4.69) is 11.4 Å². The van der Waals surface area contributed by atoms with Crippen LogP contribution in [-0.2, 0) is 14.4 Å². The summed E-state index contributed by atoms with van der Waals surface area (Å²) in [5.41, 5.74) is 12.7. The van der Waals surface area contributed by atoms with Gasteiger partial charge < -0.3 is 16.3 Å². The summed E-state index contributed by atoms with van der Waals surface area (Å²) in [5, 5.41) is 0. The number of hydroxylamine groups is 1. The van der Waals surface area contributed by atoms with E-state index in [0.29, 0.717) is 13.0 Å². The van der Waals surface area contributed by atoms with Gasteiger partial charge in [-0.1, -0.05) is 13.0 Å². The molecule has 0 aliphatic heterocycles. The molecule has 6 heteroatoms. The standard InChI is InChI=1S/C9H17N3O3/c1-2-8(13)15-12-9(14)7(11)5-3-4-6-10/h2,7H,1,3-6,10-11H2,(H,12,14)/t7-/m0/s1. The highest BCUT2D eigenvalue weighted by atomic mass is 16.7. The number of hydrogen-bond acceptors (Lipinski definition) is 5. The highest BCUT2D eigenvalue weighted by Crippen LogP contribution is 1.97. The molecule has 0 aromatic rings. The molecule has 0 aliphatic carbocycles. The van der Waals surface area contributed by atoms with Gasteiger partial charge in [-0.15, -0.1) is 0 Å². The van der Waals surface area contributed by atoms with Crippen molar-refractivity contribution in [1.82, 2.24) is 5.48 Å². The van der Waals surface area contributed by atoms with Crippen molar-refractivity contribution in [3.63, 3.8) is 0 Å². The van der Waals surface area contributed by atoms with Gasteiger partial charge in [-0.05, 0) is 19.4 Å². The summed E-state index contributed by atoms with van der Waals surface area (Å²) < 4.78 is 0. The van der Waals surface area contributed by atoms with Crippen LogP contribution in [0.4, 0.5) is 0 Å². The van der Waals surface area contributed by atoms with Crippen LogP contribution in [0.5, 0.6) is 0 Å². The van der Waals surface area contributed by atoms with Crippen LogP contribution in [0.15, 0.2) is 12.7 Å². The average Bonchev–Trinajstić information content (AvgIpc) is 2.25. The summed E-state index contributed by atoms with van der Waals surface area (Å²) in [5.74, 6) is -1.25. The van der Waals surface area contributed by atoms with Crippen molar-refractivity contribution in [3.8, 4) is 0 Å². The van der Waals surface area contributed by atoms with Crippen LogP contribution in [0.1, 0.15) is 19.3 Å². The maximum absolute atomic E-state index is 11.2. The Balaban J connectivity index is 3.69. The van der Waals surface area contributed by atoms with Gasteiger partial charge in [-0.2, -0.15) is 5.48 Å². The maximum atomic E-state index is 11.2. The van der Waals surface area contributed by atoms with E-state index < -0.39 is 17.9 Å². The number of rotatable bonds is 6. The molecule has 0 fully saturated rings. The molecular formula is C9H17N3O3.